The molecule has 2 aromatic heterocycles. The highest BCUT2D eigenvalue weighted by Crippen LogP contribution is 2.26. The molecule has 0 atom stereocenters. The summed E-state index contributed by atoms with van der Waals surface area (Å²) >= 11 is 6.09. The minimum Gasteiger partial charge on any atom is -0.349 e. The standard InChI is InChI=1S/C27H27ClN4O/c1-30-15-5-8-25(30)24-19-26(32(29-24)23-11-9-22(28)10-12-23)27(33)31-16-13-21(14-17-31)18-20-6-3-2-4-7-20/h2-12,15,19,21H,13-14,16-18H2,1H3. The normalized spacial score (nSPS) is 14.5. The van der Waals surface area contributed by atoms with Crippen molar-refractivity contribution in [2.45, 2.75) is 19.3 Å². The van der Waals surface area contributed by atoms with Gasteiger partial charge < -0.3 is 9.47 Å². The van der Waals surface area contributed by atoms with E-state index < -0.39 is 0 Å². The molecule has 5 rings (SSSR count). The van der Waals surface area contributed by atoms with Gasteiger partial charge in [-0.2, -0.15) is 5.10 Å². The molecule has 6 heteroatoms. The van der Waals surface area contributed by atoms with Crippen molar-refractivity contribution in [3.05, 3.63) is 95.3 Å². The maximum absolute atomic E-state index is 13.6. The number of aryl methyl sites for hydroxylation is 1. The van der Waals surface area contributed by atoms with Crippen molar-refractivity contribution in [3.8, 4) is 17.1 Å². The average Bonchev–Trinajstić information content (AvgIpc) is 3.46. The highest BCUT2D eigenvalue weighted by atomic mass is 35.5. The topological polar surface area (TPSA) is 43.1 Å². The Morgan fingerprint density at radius 3 is 2.39 bits per heavy atom. The van der Waals surface area contributed by atoms with E-state index >= 15 is 0 Å². The lowest BCUT2D eigenvalue weighted by atomic mass is 9.90. The molecule has 5 nitrogen and oxygen atoms in total. The van der Waals surface area contributed by atoms with Gasteiger partial charge in [-0.05, 0) is 73.2 Å². The van der Waals surface area contributed by atoms with Crippen LogP contribution < -0.4 is 0 Å². The van der Waals surface area contributed by atoms with Crippen molar-refractivity contribution in [1.82, 2.24) is 19.2 Å². The Morgan fingerprint density at radius 1 is 1.00 bits per heavy atom. The monoisotopic (exact) mass is 458 g/mol. The molecule has 2 aromatic carbocycles. The molecule has 168 valence electrons. The fourth-order valence-electron chi connectivity index (χ4n) is 4.61. The van der Waals surface area contributed by atoms with E-state index in [1.165, 1.54) is 5.56 Å². The maximum Gasteiger partial charge on any atom is 0.272 e. The number of halogens is 1. The van der Waals surface area contributed by atoms with Crippen molar-refractivity contribution in [3.63, 3.8) is 0 Å². The molecule has 3 heterocycles. The molecular formula is C27H27ClN4O. The fraction of sp³-hybridized carbons (Fsp3) is 0.259. The molecule has 0 aliphatic carbocycles. The number of aromatic nitrogens is 3. The SMILES string of the molecule is Cn1cccc1-c1cc(C(=O)N2CCC(Cc3ccccc3)CC2)n(-c2ccc(Cl)cc2)n1. The first-order valence-electron chi connectivity index (χ1n) is 11.4. The van der Waals surface area contributed by atoms with Gasteiger partial charge in [0.1, 0.15) is 11.4 Å². The first kappa shape index (κ1) is 21.5. The molecule has 1 fully saturated rings. The van der Waals surface area contributed by atoms with Crippen LogP contribution in [0.25, 0.3) is 17.1 Å². The van der Waals surface area contributed by atoms with Crippen molar-refractivity contribution < 1.29 is 4.79 Å². The molecule has 0 saturated carbocycles. The van der Waals surface area contributed by atoms with Gasteiger partial charge in [0.2, 0.25) is 0 Å². The number of likely N-dealkylation sites (tertiary alicyclic amines) is 1. The van der Waals surface area contributed by atoms with E-state index in [1.807, 2.05) is 65.2 Å². The Kier molecular flexibility index (Phi) is 6.05. The minimum absolute atomic E-state index is 0.0241. The minimum atomic E-state index is 0.0241. The summed E-state index contributed by atoms with van der Waals surface area (Å²) in [4.78, 5) is 15.6. The number of hydrogen-bond donors (Lipinski definition) is 0. The molecule has 0 spiro atoms. The molecule has 1 aliphatic rings. The summed E-state index contributed by atoms with van der Waals surface area (Å²) in [6, 6.07) is 24.0. The van der Waals surface area contributed by atoms with Crippen LogP contribution in [0.5, 0.6) is 0 Å². The second kappa shape index (κ2) is 9.28. The van der Waals surface area contributed by atoms with Crippen LogP contribution >= 0.6 is 11.6 Å². The van der Waals surface area contributed by atoms with E-state index in [4.69, 9.17) is 16.7 Å². The van der Waals surface area contributed by atoms with Crippen LogP contribution in [-0.4, -0.2) is 38.2 Å². The second-order valence-electron chi connectivity index (χ2n) is 8.73. The van der Waals surface area contributed by atoms with Crippen LogP contribution in [0.1, 0.15) is 28.9 Å². The first-order valence-corrected chi connectivity index (χ1v) is 11.8. The lowest BCUT2D eigenvalue weighted by molar-refractivity contribution is 0.0681. The quantitative estimate of drug-likeness (QED) is 0.389. The molecule has 0 bridgehead atoms. The first-order chi connectivity index (χ1) is 16.1. The van der Waals surface area contributed by atoms with Gasteiger partial charge in [-0.15, -0.1) is 0 Å². The summed E-state index contributed by atoms with van der Waals surface area (Å²) in [6.07, 6.45) is 5.08. The van der Waals surface area contributed by atoms with E-state index in [9.17, 15) is 4.79 Å². The second-order valence-corrected chi connectivity index (χ2v) is 9.17. The van der Waals surface area contributed by atoms with E-state index in [0.29, 0.717) is 16.6 Å². The zero-order valence-electron chi connectivity index (χ0n) is 18.7. The van der Waals surface area contributed by atoms with E-state index in [1.54, 1.807) is 4.68 Å². The molecule has 0 radical (unpaired) electrons. The third kappa shape index (κ3) is 4.60. The summed E-state index contributed by atoms with van der Waals surface area (Å²) in [5.41, 5.74) is 4.52. The highest BCUT2D eigenvalue weighted by molar-refractivity contribution is 6.30. The lowest BCUT2D eigenvalue weighted by Crippen LogP contribution is -2.39. The number of piperidine rings is 1. The summed E-state index contributed by atoms with van der Waals surface area (Å²) in [7, 11) is 1.98. The zero-order chi connectivity index (χ0) is 22.8. The zero-order valence-corrected chi connectivity index (χ0v) is 19.4. The van der Waals surface area contributed by atoms with E-state index in [2.05, 4.69) is 30.3 Å². The van der Waals surface area contributed by atoms with Crippen LogP contribution in [0.2, 0.25) is 5.02 Å². The number of carbonyl (C=O) groups excluding carboxylic acids is 1. The summed E-state index contributed by atoms with van der Waals surface area (Å²) < 4.78 is 3.76. The summed E-state index contributed by atoms with van der Waals surface area (Å²) in [5, 5.41) is 5.46. The number of carbonyl (C=O) groups is 1. The van der Waals surface area contributed by atoms with Gasteiger partial charge >= 0.3 is 0 Å². The Morgan fingerprint density at radius 2 is 1.73 bits per heavy atom. The van der Waals surface area contributed by atoms with Crippen LogP contribution in [0.4, 0.5) is 0 Å². The Balaban J connectivity index is 1.38. The molecule has 1 saturated heterocycles. The Bertz CT molecular complexity index is 1230. The van der Waals surface area contributed by atoms with Crippen LogP contribution in [0.3, 0.4) is 0 Å². The van der Waals surface area contributed by atoms with Crippen molar-refractivity contribution >= 4 is 17.5 Å². The third-order valence-electron chi connectivity index (χ3n) is 6.47. The number of benzene rings is 2. The third-order valence-corrected chi connectivity index (χ3v) is 6.73. The molecule has 0 N–H and O–H groups in total. The van der Waals surface area contributed by atoms with Gasteiger partial charge in [-0.3, -0.25) is 4.79 Å². The van der Waals surface area contributed by atoms with Crippen molar-refractivity contribution in [2.75, 3.05) is 13.1 Å². The predicted octanol–water partition coefficient (Wildman–Crippen LogP) is 5.63. The van der Waals surface area contributed by atoms with Gasteiger partial charge in [-0.1, -0.05) is 41.9 Å². The summed E-state index contributed by atoms with van der Waals surface area (Å²) in [5.74, 6) is 0.632. The summed E-state index contributed by atoms with van der Waals surface area (Å²) in [6.45, 7) is 1.53. The number of amides is 1. The number of rotatable bonds is 5. The van der Waals surface area contributed by atoms with Crippen molar-refractivity contribution in [1.29, 1.82) is 0 Å². The van der Waals surface area contributed by atoms with Crippen LogP contribution in [-0.2, 0) is 13.5 Å². The molecule has 0 unspecified atom stereocenters. The average molecular weight is 459 g/mol. The largest absolute Gasteiger partial charge is 0.349 e. The van der Waals surface area contributed by atoms with Gasteiger partial charge in [0.25, 0.3) is 5.91 Å². The molecule has 1 amide bonds. The van der Waals surface area contributed by atoms with Crippen LogP contribution in [0, 0.1) is 5.92 Å². The van der Waals surface area contributed by atoms with Gasteiger partial charge in [-0.25, -0.2) is 4.68 Å². The van der Waals surface area contributed by atoms with Crippen molar-refractivity contribution in [2.24, 2.45) is 13.0 Å². The highest BCUT2D eigenvalue weighted by Gasteiger charge is 2.27. The molecule has 1 aliphatic heterocycles. The van der Waals surface area contributed by atoms with E-state index in [-0.39, 0.29) is 5.91 Å². The Hall–Kier alpha value is -3.31. The molecule has 4 aromatic rings. The number of hydrogen-bond acceptors (Lipinski definition) is 2. The van der Waals surface area contributed by atoms with Gasteiger partial charge in [0.05, 0.1) is 11.4 Å². The van der Waals surface area contributed by atoms with Crippen LogP contribution in [0.15, 0.2) is 79.0 Å². The molecular weight excluding hydrogens is 432 g/mol. The smallest absolute Gasteiger partial charge is 0.272 e. The van der Waals surface area contributed by atoms with Gasteiger partial charge in [0.15, 0.2) is 0 Å². The molecule has 33 heavy (non-hydrogen) atoms. The number of nitrogens with zero attached hydrogens (tertiary/aromatic N) is 4. The van der Waals surface area contributed by atoms with Gasteiger partial charge in [0, 0.05) is 31.4 Å². The Labute approximate surface area is 199 Å². The maximum atomic E-state index is 13.6. The lowest BCUT2D eigenvalue weighted by Gasteiger charge is -2.32. The van der Waals surface area contributed by atoms with E-state index in [0.717, 1.165) is 49.4 Å². The predicted molar refractivity (Wildman–Crippen MR) is 132 cm³/mol. The fourth-order valence-corrected chi connectivity index (χ4v) is 4.74.